The Labute approximate surface area is 513 Å². The first-order valence-corrected chi connectivity index (χ1v) is 36.7. The molecule has 0 saturated carbocycles. The number of nitrogens with zero attached hydrogens (tertiary/aromatic N) is 1. The fourth-order valence-electron chi connectivity index (χ4n) is 9.37. The standard InChI is InChI=1S/C69H127NO6S4/c1-15-70(16-2)49-29-40-67(73)76-64(38-21-17-19-23-50-74-65(71)41-43-68(77-52-45-60(11)34-25-30-56(3)4)78-53-46-61(12)35-26-31-57(5)6)39-22-18-20-24-51-75-66(72)42-44-69(79-54-47-62(13)36-27-32-58(7)8)80-55-48-63(14)37-28-33-59(9)10/h30-33,60-64,68-69H,15-29,34-55H2,1-14H3. The second-order valence-corrected chi connectivity index (χ2v) is 30.4. The van der Waals surface area contributed by atoms with Gasteiger partial charge in [0, 0.05) is 19.3 Å². The molecule has 0 aliphatic heterocycles. The number of unbranched alkanes of at least 4 members (excludes halogenated alkanes) is 6. The van der Waals surface area contributed by atoms with Crippen LogP contribution in [0.1, 0.15) is 277 Å². The summed E-state index contributed by atoms with van der Waals surface area (Å²) < 4.78 is 18.5. The molecule has 0 spiro atoms. The van der Waals surface area contributed by atoms with Gasteiger partial charge in [0.2, 0.25) is 0 Å². The largest absolute Gasteiger partial charge is 0.466 e. The van der Waals surface area contributed by atoms with Crippen LogP contribution in [0.5, 0.6) is 0 Å². The number of carbonyl (C=O) groups excluding carboxylic acids is 3. The SMILES string of the molecule is CCN(CC)CCCC(=O)OC(CCCCCCOC(=O)CCC(SCCC(C)CCC=C(C)C)SCCC(C)CCC=C(C)C)CCCCCCOC(=O)CCC(SCCC(C)CCC=C(C)C)SCCC(C)CCC=C(C)C. The zero-order chi connectivity index (χ0) is 59.6. The van der Waals surface area contributed by atoms with Gasteiger partial charge in [-0.2, -0.15) is 0 Å². The summed E-state index contributed by atoms with van der Waals surface area (Å²) in [6.45, 7) is 35.2. The van der Waals surface area contributed by atoms with E-state index < -0.39 is 0 Å². The van der Waals surface area contributed by atoms with Crippen molar-refractivity contribution in [2.75, 3.05) is 55.9 Å². The maximum atomic E-state index is 13.1. The van der Waals surface area contributed by atoms with Crippen molar-refractivity contribution >= 4 is 65.0 Å². The molecule has 11 heteroatoms. The molecule has 4 unspecified atom stereocenters. The Kier molecular flexibility index (Phi) is 53.5. The monoisotopic (exact) mass is 1190 g/mol. The van der Waals surface area contributed by atoms with E-state index in [-0.39, 0.29) is 24.0 Å². The maximum absolute atomic E-state index is 13.1. The molecule has 7 nitrogen and oxygen atoms in total. The lowest BCUT2D eigenvalue weighted by atomic mass is 10.0. The maximum Gasteiger partial charge on any atom is 0.306 e. The third-order valence-corrected chi connectivity index (χ3v) is 21.0. The summed E-state index contributed by atoms with van der Waals surface area (Å²) in [7, 11) is 0. The summed E-state index contributed by atoms with van der Waals surface area (Å²) in [5.74, 6) is 7.19. The highest BCUT2D eigenvalue weighted by molar-refractivity contribution is 8.17. The van der Waals surface area contributed by atoms with Crippen molar-refractivity contribution in [2.45, 2.75) is 292 Å². The first kappa shape index (κ1) is 78.7. The lowest BCUT2D eigenvalue weighted by Crippen LogP contribution is -2.25. The van der Waals surface area contributed by atoms with Crippen LogP contribution in [0, 0.1) is 23.7 Å². The van der Waals surface area contributed by atoms with Crippen molar-refractivity contribution < 1.29 is 28.6 Å². The Morgan fingerprint density at radius 1 is 0.388 bits per heavy atom. The normalized spacial score (nSPS) is 14.1. The van der Waals surface area contributed by atoms with E-state index in [2.05, 4.69) is 173 Å². The summed E-state index contributed by atoms with van der Waals surface area (Å²) in [5.41, 5.74) is 5.61. The minimum absolute atomic E-state index is 0.0654. The van der Waals surface area contributed by atoms with Gasteiger partial charge in [-0.3, -0.25) is 14.4 Å². The molecule has 0 N–H and O–H groups in total. The molecule has 0 rings (SSSR count). The average molecular weight is 1200 g/mol. The zero-order valence-corrected chi connectivity index (χ0v) is 57.8. The van der Waals surface area contributed by atoms with E-state index in [1.54, 1.807) is 0 Å². The van der Waals surface area contributed by atoms with Crippen molar-refractivity contribution in [1.29, 1.82) is 0 Å². The second-order valence-electron chi connectivity index (χ2n) is 24.5. The number of hydrogen-bond acceptors (Lipinski definition) is 11. The smallest absolute Gasteiger partial charge is 0.306 e. The predicted octanol–water partition coefficient (Wildman–Crippen LogP) is 21.2. The van der Waals surface area contributed by atoms with Crippen LogP contribution in [0.15, 0.2) is 46.6 Å². The van der Waals surface area contributed by atoms with E-state index in [0.717, 1.165) is 152 Å². The number of ether oxygens (including phenoxy) is 3. The molecule has 468 valence electrons. The summed E-state index contributed by atoms with van der Waals surface area (Å²) in [6, 6.07) is 0. The van der Waals surface area contributed by atoms with Gasteiger partial charge in [0.25, 0.3) is 0 Å². The minimum atomic E-state index is -0.0807. The van der Waals surface area contributed by atoms with E-state index in [9.17, 15) is 14.4 Å². The Morgan fingerprint density at radius 3 is 1.02 bits per heavy atom. The third-order valence-electron chi connectivity index (χ3n) is 15.1. The molecule has 4 atom stereocenters. The molecule has 0 aliphatic rings. The van der Waals surface area contributed by atoms with E-state index in [0.29, 0.717) is 65.3 Å². The Bertz CT molecular complexity index is 1460. The summed E-state index contributed by atoms with van der Waals surface area (Å²) in [6.07, 6.45) is 37.3. The molecule has 0 saturated heterocycles. The number of carbonyl (C=O) groups is 3. The van der Waals surface area contributed by atoms with E-state index >= 15 is 0 Å². The molecule has 0 aromatic carbocycles. The Balaban J connectivity index is 5.00. The molecule has 0 aliphatic carbocycles. The molecule has 80 heavy (non-hydrogen) atoms. The molecule has 0 bridgehead atoms. The van der Waals surface area contributed by atoms with Crippen LogP contribution in [-0.4, -0.2) is 93.9 Å². The first-order valence-electron chi connectivity index (χ1n) is 32.6. The lowest BCUT2D eigenvalue weighted by molar-refractivity contribution is -0.150. The van der Waals surface area contributed by atoms with Crippen LogP contribution in [-0.2, 0) is 28.6 Å². The van der Waals surface area contributed by atoms with Crippen LogP contribution in [0.4, 0.5) is 0 Å². The highest BCUT2D eigenvalue weighted by Crippen LogP contribution is 2.33. The topological polar surface area (TPSA) is 82.1 Å². The molecule has 0 radical (unpaired) electrons. The number of hydrogen-bond donors (Lipinski definition) is 0. The van der Waals surface area contributed by atoms with Crippen LogP contribution in [0.2, 0.25) is 0 Å². The summed E-state index contributed by atoms with van der Waals surface area (Å²) in [4.78, 5) is 41.4. The van der Waals surface area contributed by atoms with E-state index in [1.165, 1.54) is 73.7 Å². The Hall–Kier alpha value is -1.27. The van der Waals surface area contributed by atoms with Gasteiger partial charge in [-0.25, -0.2) is 0 Å². The molecule has 0 aromatic heterocycles. The van der Waals surface area contributed by atoms with Crippen molar-refractivity contribution in [3.63, 3.8) is 0 Å². The highest BCUT2D eigenvalue weighted by Gasteiger charge is 2.19. The van der Waals surface area contributed by atoms with Gasteiger partial charge in [0.15, 0.2) is 0 Å². The number of esters is 3. The lowest BCUT2D eigenvalue weighted by Gasteiger charge is -2.20. The fraction of sp³-hybridized carbons (Fsp3) is 0.841. The molecule has 0 amide bonds. The zero-order valence-electron chi connectivity index (χ0n) is 54.5. The van der Waals surface area contributed by atoms with Crippen LogP contribution >= 0.6 is 47.0 Å². The second kappa shape index (κ2) is 54.4. The van der Waals surface area contributed by atoms with Gasteiger partial charge in [-0.05, 0) is 257 Å². The average Bonchev–Trinajstić information content (AvgIpc) is 3.39. The third kappa shape index (κ3) is 53.5. The van der Waals surface area contributed by atoms with Gasteiger partial charge >= 0.3 is 17.9 Å². The molecule has 0 aromatic rings. The summed E-state index contributed by atoms with van der Waals surface area (Å²) in [5, 5.41) is 0. The molecule has 0 fully saturated rings. The fourth-order valence-corrected chi connectivity index (χ4v) is 15.6. The van der Waals surface area contributed by atoms with Crippen LogP contribution in [0.25, 0.3) is 0 Å². The van der Waals surface area contributed by atoms with Gasteiger partial charge in [-0.15, -0.1) is 47.0 Å². The van der Waals surface area contributed by atoms with E-state index in [1.807, 2.05) is 0 Å². The van der Waals surface area contributed by atoms with E-state index in [4.69, 9.17) is 14.2 Å². The van der Waals surface area contributed by atoms with Crippen LogP contribution in [0.3, 0.4) is 0 Å². The number of thioether (sulfide) groups is 4. The van der Waals surface area contributed by atoms with Gasteiger partial charge in [0.05, 0.1) is 22.4 Å². The Morgan fingerprint density at radius 2 is 0.713 bits per heavy atom. The van der Waals surface area contributed by atoms with Gasteiger partial charge < -0.3 is 19.1 Å². The van der Waals surface area contributed by atoms with Crippen molar-refractivity contribution in [1.82, 2.24) is 4.90 Å². The number of rotatable bonds is 55. The highest BCUT2D eigenvalue weighted by atomic mass is 32.2. The number of allylic oxidation sites excluding steroid dienone is 8. The molecule has 0 heterocycles. The van der Waals surface area contributed by atoms with Crippen molar-refractivity contribution in [3.8, 4) is 0 Å². The van der Waals surface area contributed by atoms with Crippen molar-refractivity contribution in [2.24, 2.45) is 23.7 Å². The summed E-state index contributed by atoms with van der Waals surface area (Å²) >= 11 is 8.21. The minimum Gasteiger partial charge on any atom is -0.466 e. The van der Waals surface area contributed by atoms with Gasteiger partial charge in [0.1, 0.15) is 6.10 Å². The van der Waals surface area contributed by atoms with Crippen molar-refractivity contribution in [3.05, 3.63) is 46.6 Å². The first-order chi connectivity index (χ1) is 38.3. The molecular formula is C69H127NO6S4. The van der Waals surface area contributed by atoms with Crippen LogP contribution < -0.4 is 0 Å². The quantitative estimate of drug-likeness (QED) is 0.0192. The molecular weight excluding hydrogens is 1070 g/mol. The van der Waals surface area contributed by atoms with Gasteiger partial charge in [-0.1, -0.05) is 114 Å². The predicted molar refractivity (Wildman–Crippen MR) is 361 cm³/mol.